The zero-order valence-corrected chi connectivity index (χ0v) is 14.8. The summed E-state index contributed by atoms with van der Waals surface area (Å²) in [6.07, 6.45) is 0. The molecule has 1 aliphatic heterocycles. The van der Waals surface area contributed by atoms with Gasteiger partial charge in [-0.25, -0.2) is 4.39 Å². The van der Waals surface area contributed by atoms with Crippen LogP contribution in [0, 0.1) is 5.82 Å². The second kappa shape index (κ2) is 7.53. The Hall–Kier alpha value is -2.28. The summed E-state index contributed by atoms with van der Waals surface area (Å²) in [5.41, 5.74) is 1.79. The van der Waals surface area contributed by atoms with Crippen molar-refractivity contribution in [1.82, 2.24) is 20.4 Å². The average Bonchev–Trinajstić information content (AvgIpc) is 3.11. The molecule has 0 amide bonds. The van der Waals surface area contributed by atoms with Crippen molar-refractivity contribution in [2.45, 2.75) is 12.6 Å². The summed E-state index contributed by atoms with van der Waals surface area (Å²) in [5.74, 6) is 0.850. The fourth-order valence-corrected chi connectivity index (χ4v) is 3.31. The van der Waals surface area contributed by atoms with Crippen molar-refractivity contribution >= 4 is 11.6 Å². The molecule has 3 aromatic rings. The average molecular weight is 373 g/mol. The van der Waals surface area contributed by atoms with E-state index in [1.807, 2.05) is 18.2 Å². The molecule has 1 aliphatic rings. The zero-order chi connectivity index (χ0) is 17.9. The fraction of sp³-hybridized carbons (Fsp3) is 0.263. The highest BCUT2D eigenvalue weighted by molar-refractivity contribution is 6.30. The van der Waals surface area contributed by atoms with Crippen LogP contribution in [0.5, 0.6) is 0 Å². The minimum atomic E-state index is -0.226. The normalized spacial score (nSPS) is 18.2. The largest absolute Gasteiger partial charge is 0.338 e. The lowest BCUT2D eigenvalue weighted by atomic mass is 10.0. The molecule has 1 saturated heterocycles. The minimum Gasteiger partial charge on any atom is -0.338 e. The van der Waals surface area contributed by atoms with Crippen LogP contribution in [0.25, 0.3) is 11.4 Å². The Labute approximate surface area is 155 Å². The van der Waals surface area contributed by atoms with Gasteiger partial charge in [0.2, 0.25) is 11.7 Å². The number of rotatable bonds is 4. The highest BCUT2D eigenvalue weighted by Gasteiger charge is 2.26. The molecule has 1 aromatic heterocycles. The molecule has 5 nitrogen and oxygen atoms in total. The first-order chi connectivity index (χ1) is 12.7. The molecule has 26 heavy (non-hydrogen) atoms. The third-order valence-electron chi connectivity index (χ3n) is 4.50. The van der Waals surface area contributed by atoms with E-state index in [1.165, 1.54) is 6.07 Å². The zero-order valence-electron chi connectivity index (χ0n) is 14.0. The van der Waals surface area contributed by atoms with Gasteiger partial charge in [-0.1, -0.05) is 28.9 Å². The van der Waals surface area contributed by atoms with Crippen LogP contribution in [0.2, 0.25) is 5.02 Å². The highest BCUT2D eigenvalue weighted by Crippen LogP contribution is 2.25. The van der Waals surface area contributed by atoms with E-state index in [4.69, 9.17) is 16.1 Å². The summed E-state index contributed by atoms with van der Waals surface area (Å²) in [4.78, 5) is 6.72. The van der Waals surface area contributed by atoms with Crippen molar-refractivity contribution in [3.8, 4) is 11.4 Å². The SMILES string of the molecule is Fc1cccc(C2CNCCN2Cc2nc(-c3ccc(Cl)cc3)no2)c1. The van der Waals surface area contributed by atoms with Gasteiger partial charge in [0.05, 0.1) is 6.54 Å². The van der Waals surface area contributed by atoms with Crippen molar-refractivity contribution in [1.29, 1.82) is 0 Å². The molecule has 2 aromatic carbocycles. The van der Waals surface area contributed by atoms with Crippen LogP contribution in [0.15, 0.2) is 53.1 Å². The smallest absolute Gasteiger partial charge is 0.241 e. The fourth-order valence-electron chi connectivity index (χ4n) is 3.19. The summed E-state index contributed by atoms with van der Waals surface area (Å²) in [6, 6.07) is 14.1. The number of hydrogen-bond donors (Lipinski definition) is 1. The Morgan fingerprint density at radius 2 is 2.08 bits per heavy atom. The number of halogens is 2. The van der Waals surface area contributed by atoms with Gasteiger partial charge in [-0.05, 0) is 42.0 Å². The van der Waals surface area contributed by atoms with E-state index in [1.54, 1.807) is 24.3 Å². The molecule has 2 heterocycles. The Morgan fingerprint density at radius 1 is 1.23 bits per heavy atom. The first-order valence-corrected chi connectivity index (χ1v) is 8.85. The second-order valence-electron chi connectivity index (χ2n) is 6.26. The molecule has 0 radical (unpaired) electrons. The molecule has 1 N–H and O–H groups in total. The summed E-state index contributed by atoms with van der Waals surface area (Å²) >= 11 is 5.92. The van der Waals surface area contributed by atoms with Crippen molar-refractivity contribution in [2.75, 3.05) is 19.6 Å². The molecular weight excluding hydrogens is 355 g/mol. The van der Waals surface area contributed by atoms with E-state index in [0.29, 0.717) is 23.3 Å². The summed E-state index contributed by atoms with van der Waals surface area (Å²) in [5, 5.41) is 8.09. The molecule has 0 aliphatic carbocycles. The third kappa shape index (κ3) is 3.77. The van der Waals surface area contributed by atoms with Gasteiger partial charge in [-0.2, -0.15) is 4.98 Å². The quantitative estimate of drug-likeness (QED) is 0.757. The molecule has 1 unspecified atom stereocenters. The van der Waals surface area contributed by atoms with Crippen LogP contribution in [0.3, 0.4) is 0 Å². The van der Waals surface area contributed by atoms with Gasteiger partial charge in [0, 0.05) is 36.3 Å². The van der Waals surface area contributed by atoms with Gasteiger partial charge in [-0.15, -0.1) is 0 Å². The molecule has 0 spiro atoms. The van der Waals surface area contributed by atoms with Crippen LogP contribution < -0.4 is 5.32 Å². The maximum atomic E-state index is 13.6. The topological polar surface area (TPSA) is 54.2 Å². The third-order valence-corrected chi connectivity index (χ3v) is 4.75. The van der Waals surface area contributed by atoms with Gasteiger partial charge in [0.15, 0.2) is 0 Å². The molecule has 0 bridgehead atoms. The Bertz CT molecular complexity index is 883. The van der Waals surface area contributed by atoms with Crippen LogP contribution in [0.1, 0.15) is 17.5 Å². The van der Waals surface area contributed by atoms with Gasteiger partial charge >= 0.3 is 0 Å². The van der Waals surface area contributed by atoms with Gasteiger partial charge < -0.3 is 9.84 Å². The molecule has 1 fully saturated rings. The van der Waals surface area contributed by atoms with Gasteiger partial charge in [-0.3, -0.25) is 4.90 Å². The van der Waals surface area contributed by atoms with Crippen molar-refractivity contribution in [2.24, 2.45) is 0 Å². The molecule has 0 saturated carbocycles. The molecular formula is C19H18ClFN4O. The van der Waals surface area contributed by atoms with Crippen LogP contribution in [0.4, 0.5) is 4.39 Å². The van der Waals surface area contributed by atoms with E-state index in [0.717, 1.165) is 30.8 Å². The Morgan fingerprint density at radius 3 is 2.88 bits per heavy atom. The Kier molecular flexibility index (Phi) is 4.97. The summed E-state index contributed by atoms with van der Waals surface area (Å²) in [7, 11) is 0. The molecule has 1 atom stereocenters. The first kappa shape index (κ1) is 17.1. The number of benzene rings is 2. The van der Waals surface area contributed by atoms with Crippen LogP contribution >= 0.6 is 11.6 Å². The molecule has 134 valence electrons. The maximum absolute atomic E-state index is 13.6. The maximum Gasteiger partial charge on any atom is 0.241 e. The minimum absolute atomic E-state index is 0.0605. The first-order valence-electron chi connectivity index (χ1n) is 8.48. The number of nitrogens with one attached hydrogen (secondary N) is 1. The standard InChI is InChI=1S/C19H18ClFN4O/c20-15-6-4-13(5-7-15)19-23-18(26-24-19)12-25-9-8-22-11-17(25)14-2-1-3-16(21)10-14/h1-7,10,17,22H,8-9,11-12H2. The Balaban J connectivity index is 1.52. The lowest BCUT2D eigenvalue weighted by Gasteiger charge is -2.35. The van der Waals surface area contributed by atoms with E-state index in [2.05, 4.69) is 20.4 Å². The predicted molar refractivity (Wildman–Crippen MR) is 97.2 cm³/mol. The van der Waals surface area contributed by atoms with E-state index < -0.39 is 0 Å². The van der Waals surface area contributed by atoms with Crippen molar-refractivity contribution < 1.29 is 8.91 Å². The number of aromatic nitrogens is 2. The van der Waals surface area contributed by atoms with E-state index in [-0.39, 0.29) is 11.9 Å². The van der Waals surface area contributed by atoms with Crippen molar-refractivity contribution in [3.63, 3.8) is 0 Å². The number of hydrogen-bond acceptors (Lipinski definition) is 5. The van der Waals surface area contributed by atoms with Crippen molar-refractivity contribution in [3.05, 3.63) is 70.8 Å². The van der Waals surface area contributed by atoms with Gasteiger partial charge in [0.1, 0.15) is 5.82 Å². The number of piperazine rings is 1. The second-order valence-corrected chi connectivity index (χ2v) is 6.70. The van der Waals surface area contributed by atoms with E-state index >= 15 is 0 Å². The molecule has 4 rings (SSSR count). The van der Waals surface area contributed by atoms with Crippen LogP contribution in [-0.2, 0) is 6.54 Å². The number of nitrogens with zero attached hydrogens (tertiary/aromatic N) is 3. The monoisotopic (exact) mass is 372 g/mol. The van der Waals surface area contributed by atoms with Gasteiger partial charge in [0.25, 0.3) is 0 Å². The van der Waals surface area contributed by atoms with Crippen LogP contribution in [-0.4, -0.2) is 34.7 Å². The lowest BCUT2D eigenvalue weighted by Crippen LogP contribution is -2.45. The summed E-state index contributed by atoms with van der Waals surface area (Å²) in [6.45, 7) is 2.95. The highest BCUT2D eigenvalue weighted by atomic mass is 35.5. The lowest BCUT2D eigenvalue weighted by molar-refractivity contribution is 0.135. The predicted octanol–water partition coefficient (Wildman–Crippen LogP) is 3.68. The summed E-state index contributed by atoms with van der Waals surface area (Å²) < 4.78 is 19.0. The molecule has 7 heteroatoms. The van der Waals surface area contributed by atoms with E-state index in [9.17, 15) is 4.39 Å².